The zero-order valence-electron chi connectivity index (χ0n) is 12.1. The highest BCUT2D eigenvalue weighted by molar-refractivity contribution is 5.97. The van der Waals surface area contributed by atoms with Crippen molar-refractivity contribution in [1.29, 1.82) is 0 Å². The molecular weight excluding hydrogens is 254 g/mol. The summed E-state index contributed by atoms with van der Waals surface area (Å²) in [5.41, 5.74) is 3.40. The topological polar surface area (TPSA) is 56.3 Å². The van der Waals surface area contributed by atoms with Crippen molar-refractivity contribution in [2.75, 3.05) is 0 Å². The number of aromatic nitrogens is 1. The van der Waals surface area contributed by atoms with Crippen LogP contribution < -0.4 is 0 Å². The Morgan fingerprint density at radius 2 is 1.85 bits per heavy atom. The van der Waals surface area contributed by atoms with Gasteiger partial charge >= 0.3 is 5.97 Å². The third-order valence-electron chi connectivity index (χ3n) is 3.57. The average molecular weight is 275 g/mol. The summed E-state index contributed by atoms with van der Waals surface area (Å²) in [4.78, 5) is 27.2. The number of carbonyl (C=O) groups excluding carboxylic acids is 2. The van der Waals surface area contributed by atoms with Crippen molar-refractivity contribution < 1.29 is 14.3 Å². The van der Waals surface area contributed by atoms with Gasteiger partial charge in [-0.05, 0) is 43.4 Å². The Morgan fingerprint density at radius 1 is 1.20 bits per heavy atom. The SMILES string of the molecule is CCc1cc(CCC2CC(=O)CC(=O)O2)cc(CC)n1. The first kappa shape index (κ1) is 14.7. The van der Waals surface area contributed by atoms with Crippen LogP contribution in [0, 0.1) is 0 Å². The van der Waals surface area contributed by atoms with Crippen molar-refractivity contribution >= 4 is 11.8 Å². The molecule has 0 aliphatic carbocycles. The van der Waals surface area contributed by atoms with Crippen molar-refractivity contribution in [1.82, 2.24) is 4.98 Å². The summed E-state index contributed by atoms with van der Waals surface area (Å²) in [5.74, 6) is -0.394. The fourth-order valence-electron chi connectivity index (χ4n) is 2.47. The van der Waals surface area contributed by atoms with E-state index in [1.54, 1.807) is 0 Å². The van der Waals surface area contributed by atoms with Crippen LogP contribution in [-0.2, 0) is 33.6 Å². The third kappa shape index (κ3) is 3.89. The van der Waals surface area contributed by atoms with Crippen LogP contribution in [0.2, 0.25) is 0 Å². The normalized spacial score (nSPS) is 19.0. The Hall–Kier alpha value is -1.71. The summed E-state index contributed by atoms with van der Waals surface area (Å²) in [6.07, 6.45) is 3.38. The molecule has 4 heteroatoms. The van der Waals surface area contributed by atoms with Gasteiger partial charge in [0, 0.05) is 17.8 Å². The smallest absolute Gasteiger partial charge is 0.313 e. The second kappa shape index (κ2) is 6.64. The number of cyclic esters (lactones) is 1. The third-order valence-corrected chi connectivity index (χ3v) is 3.57. The van der Waals surface area contributed by atoms with Crippen molar-refractivity contribution in [3.8, 4) is 0 Å². The summed E-state index contributed by atoms with van der Waals surface area (Å²) in [6, 6.07) is 4.21. The van der Waals surface area contributed by atoms with Gasteiger partial charge in [0.1, 0.15) is 18.3 Å². The lowest BCUT2D eigenvalue weighted by atomic mass is 9.99. The monoisotopic (exact) mass is 275 g/mol. The Kier molecular flexibility index (Phi) is 4.88. The molecule has 4 nitrogen and oxygen atoms in total. The fourth-order valence-corrected chi connectivity index (χ4v) is 2.47. The summed E-state index contributed by atoms with van der Waals surface area (Å²) in [6.45, 7) is 4.18. The van der Waals surface area contributed by atoms with Gasteiger partial charge < -0.3 is 4.74 Å². The van der Waals surface area contributed by atoms with Crippen LogP contribution in [0.5, 0.6) is 0 Å². The molecule has 0 saturated carbocycles. The molecule has 1 aromatic heterocycles. The van der Waals surface area contributed by atoms with Crippen molar-refractivity contribution in [2.45, 2.75) is 58.5 Å². The standard InChI is InChI=1S/C16H21NO3/c1-3-12-7-11(8-13(4-2)17-12)5-6-15-9-14(18)10-16(19)20-15/h7-8,15H,3-6,9-10H2,1-2H3. The molecule has 1 aromatic rings. The lowest BCUT2D eigenvalue weighted by molar-refractivity contribution is -0.157. The molecule has 0 N–H and O–H groups in total. The molecular formula is C16H21NO3. The van der Waals surface area contributed by atoms with E-state index in [0.717, 1.165) is 30.7 Å². The molecule has 1 atom stereocenters. The first-order valence-corrected chi connectivity index (χ1v) is 7.30. The maximum Gasteiger partial charge on any atom is 0.313 e. The van der Waals surface area contributed by atoms with Crippen molar-refractivity contribution in [3.63, 3.8) is 0 Å². The lowest BCUT2D eigenvalue weighted by Gasteiger charge is -2.21. The lowest BCUT2D eigenvalue weighted by Crippen LogP contribution is -2.30. The highest BCUT2D eigenvalue weighted by atomic mass is 16.5. The van der Waals surface area contributed by atoms with Gasteiger partial charge in [-0.15, -0.1) is 0 Å². The van der Waals surface area contributed by atoms with Crippen molar-refractivity contribution in [3.05, 3.63) is 29.1 Å². The van der Waals surface area contributed by atoms with Crippen LogP contribution in [0.1, 0.15) is 50.1 Å². The molecule has 0 aromatic carbocycles. The Balaban J connectivity index is 1.99. The maximum absolute atomic E-state index is 11.4. The van der Waals surface area contributed by atoms with E-state index in [4.69, 9.17) is 4.74 Å². The first-order valence-electron chi connectivity index (χ1n) is 7.30. The van der Waals surface area contributed by atoms with Gasteiger partial charge in [-0.1, -0.05) is 13.8 Å². The molecule has 108 valence electrons. The molecule has 2 rings (SSSR count). The summed E-state index contributed by atoms with van der Waals surface area (Å²) in [5, 5.41) is 0. The predicted molar refractivity (Wildman–Crippen MR) is 75.4 cm³/mol. The summed E-state index contributed by atoms with van der Waals surface area (Å²) < 4.78 is 5.22. The van der Waals surface area contributed by atoms with E-state index in [9.17, 15) is 9.59 Å². The van der Waals surface area contributed by atoms with E-state index in [0.29, 0.717) is 12.8 Å². The molecule has 1 fully saturated rings. The van der Waals surface area contributed by atoms with E-state index in [1.807, 2.05) is 0 Å². The van der Waals surface area contributed by atoms with Crippen molar-refractivity contribution in [2.24, 2.45) is 0 Å². The van der Waals surface area contributed by atoms with Gasteiger partial charge in [-0.3, -0.25) is 14.6 Å². The Labute approximate surface area is 119 Å². The number of aryl methyl sites for hydroxylation is 3. The number of hydrogen-bond donors (Lipinski definition) is 0. The number of ketones is 1. The number of esters is 1. The summed E-state index contributed by atoms with van der Waals surface area (Å²) >= 11 is 0. The van der Waals surface area contributed by atoms with Crippen LogP contribution in [0.4, 0.5) is 0 Å². The molecule has 0 bridgehead atoms. The maximum atomic E-state index is 11.4. The van der Waals surface area contributed by atoms with Gasteiger partial charge in [0.05, 0.1) is 0 Å². The van der Waals surface area contributed by atoms with E-state index < -0.39 is 0 Å². The van der Waals surface area contributed by atoms with Crippen LogP contribution in [-0.4, -0.2) is 22.8 Å². The molecule has 2 heterocycles. The molecule has 1 unspecified atom stereocenters. The highest BCUT2D eigenvalue weighted by Gasteiger charge is 2.26. The average Bonchev–Trinajstić information content (AvgIpc) is 2.43. The zero-order valence-corrected chi connectivity index (χ0v) is 12.1. The quantitative estimate of drug-likeness (QED) is 0.611. The van der Waals surface area contributed by atoms with Gasteiger partial charge in [0.15, 0.2) is 0 Å². The minimum atomic E-state index is -0.385. The highest BCUT2D eigenvalue weighted by Crippen LogP contribution is 2.18. The first-order chi connectivity index (χ1) is 9.60. The number of rotatable bonds is 5. The van der Waals surface area contributed by atoms with Crippen LogP contribution in [0.3, 0.4) is 0 Å². The molecule has 1 aliphatic rings. The number of carbonyl (C=O) groups is 2. The molecule has 0 radical (unpaired) electrons. The van der Waals surface area contributed by atoms with E-state index >= 15 is 0 Å². The zero-order chi connectivity index (χ0) is 14.5. The molecule has 0 amide bonds. The van der Waals surface area contributed by atoms with Gasteiger partial charge in [0.25, 0.3) is 0 Å². The number of ether oxygens (including phenoxy) is 1. The Bertz CT molecular complexity index is 472. The summed E-state index contributed by atoms with van der Waals surface area (Å²) in [7, 11) is 0. The van der Waals surface area contributed by atoms with Gasteiger partial charge in [-0.25, -0.2) is 0 Å². The fraction of sp³-hybridized carbons (Fsp3) is 0.562. The van der Waals surface area contributed by atoms with E-state index in [2.05, 4.69) is 31.0 Å². The van der Waals surface area contributed by atoms with Gasteiger partial charge in [-0.2, -0.15) is 0 Å². The molecule has 1 saturated heterocycles. The largest absolute Gasteiger partial charge is 0.462 e. The molecule has 0 spiro atoms. The van der Waals surface area contributed by atoms with Crippen LogP contribution >= 0.6 is 0 Å². The Morgan fingerprint density at radius 3 is 2.40 bits per heavy atom. The minimum absolute atomic E-state index is 0.00975. The predicted octanol–water partition coefficient (Wildman–Crippen LogP) is 2.41. The second-order valence-corrected chi connectivity index (χ2v) is 5.24. The van der Waals surface area contributed by atoms with Crippen LogP contribution in [0.25, 0.3) is 0 Å². The number of pyridine rings is 1. The van der Waals surface area contributed by atoms with E-state index in [-0.39, 0.29) is 24.3 Å². The second-order valence-electron chi connectivity index (χ2n) is 5.24. The minimum Gasteiger partial charge on any atom is -0.462 e. The number of nitrogens with zero attached hydrogens (tertiary/aromatic N) is 1. The van der Waals surface area contributed by atoms with E-state index in [1.165, 1.54) is 5.56 Å². The van der Waals surface area contributed by atoms with Gasteiger partial charge in [0.2, 0.25) is 0 Å². The van der Waals surface area contributed by atoms with Crippen LogP contribution in [0.15, 0.2) is 12.1 Å². The molecule has 1 aliphatic heterocycles. The number of hydrogen-bond acceptors (Lipinski definition) is 4. The molecule has 20 heavy (non-hydrogen) atoms. The number of Topliss-reactive ketones (excluding diaryl/α,β-unsaturated/α-hetero) is 1.